The second-order valence-electron chi connectivity index (χ2n) is 5.87. The molecule has 6 nitrogen and oxygen atoms in total. The quantitative estimate of drug-likeness (QED) is 0.826. The van der Waals surface area contributed by atoms with Crippen LogP contribution >= 0.6 is 0 Å². The van der Waals surface area contributed by atoms with Crippen LogP contribution in [0.1, 0.15) is 31.4 Å². The Balaban J connectivity index is 2.19. The summed E-state index contributed by atoms with van der Waals surface area (Å²) >= 11 is 0. The Hall–Kier alpha value is -1.86. The minimum atomic E-state index is -0.869. The van der Waals surface area contributed by atoms with Crippen molar-refractivity contribution in [3.05, 3.63) is 23.5 Å². The molecule has 1 aliphatic heterocycles. The highest BCUT2D eigenvalue weighted by Crippen LogP contribution is 2.33. The summed E-state index contributed by atoms with van der Waals surface area (Å²) in [5.41, 5.74) is -0.534. The lowest BCUT2D eigenvalue weighted by Gasteiger charge is -2.35. The minimum Gasteiger partial charge on any atom is -0.493 e. The van der Waals surface area contributed by atoms with Crippen LogP contribution in [-0.2, 0) is 9.53 Å². The van der Waals surface area contributed by atoms with Gasteiger partial charge < -0.3 is 24.8 Å². The monoisotopic (exact) mass is 340 g/mol. The Morgan fingerprint density at radius 1 is 1.21 bits per heavy atom. The van der Waals surface area contributed by atoms with Gasteiger partial charge in [-0.2, -0.15) is 0 Å². The molecule has 0 aliphatic carbocycles. The van der Waals surface area contributed by atoms with Crippen LogP contribution in [0.25, 0.3) is 0 Å². The van der Waals surface area contributed by atoms with Gasteiger partial charge in [-0.05, 0) is 38.9 Å². The van der Waals surface area contributed by atoms with E-state index in [0.29, 0.717) is 43.0 Å². The van der Waals surface area contributed by atoms with Crippen molar-refractivity contribution in [1.29, 1.82) is 0 Å². The molecule has 134 valence electrons. The van der Waals surface area contributed by atoms with Gasteiger partial charge in [0.05, 0.1) is 20.3 Å². The maximum absolute atomic E-state index is 14.3. The van der Waals surface area contributed by atoms with E-state index in [0.717, 1.165) is 0 Å². The molecule has 0 radical (unpaired) electrons. The number of methoxy groups -OCH3 is 3. The number of benzene rings is 1. The Morgan fingerprint density at radius 2 is 1.79 bits per heavy atom. The lowest BCUT2D eigenvalue weighted by atomic mass is 9.90. The van der Waals surface area contributed by atoms with Gasteiger partial charge in [-0.15, -0.1) is 0 Å². The molecule has 7 heteroatoms. The largest absolute Gasteiger partial charge is 0.493 e. The summed E-state index contributed by atoms with van der Waals surface area (Å²) in [6, 6.07) is 2.27. The number of ether oxygens (including phenoxy) is 3. The Kier molecular flexibility index (Phi) is 6.01. The Labute approximate surface area is 141 Å². The minimum absolute atomic E-state index is 0.229. The lowest BCUT2D eigenvalue weighted by molar-refractivity contribution is -0.147. The highest BCUT2D eigenvalue weighted by Gasteiger charge is 2.40. The predicted octanol–water partition coefficient (Wildman–Crippen LogP) is 1.79. The first kappa shape index (κ1) is 18.5. The number of hydrogen-bond donors (Lipinski definition) is 2. The van der Waals surface area contributed by atoms with Crippen LogP contribution < -0.4 is 20.1 Å². The van der Waals surface area contributed by atoms with Crippen molar-refractivity contribution in [1.82, 2.24) is 10.6 Å². The van der Waals surface area contributed by atoms with E-state index in [9.17, 15) is 9.18 Å². The van der Waals surface area contributed by atoms with Crippen molar-refractivity contribution < 1.29 is 23.4 Å². The zero-order valence-corrected chi connectivity index (χ0v) is 14.6. The van der Waals surface area contributed by atoms with E-state index < -0.39 is 17.5 Å². The average Bonchev–Trinajstić information content (AvgIpc) is 2.61. The van der Waals surface area contributed by atoms with E-state index in [1.165, 1.54) is 27.4 Å². The number of carbonyl (C=O) groups excluding carboxylic acids is 1. The van der Waals surface area contributed by atoms with Gasteiger partial charge in [-0.3, -0.25) is 4.79 Å². The van der Waals surface area contributed by atoms with Gasteiger partial charge >= 0.3 is 0 Å². The molecule has 0 spiro atoms. The first-order chi connectivity index (χ1) is 11.5. The molecular weight excluding hydrogens is 315 g/mol. The maximum atomic E-state index is 14.3. The normalized spacial score (nSPS) is 17.9. The first-order valence-corrected chi connectivity index (χ1v) is 7.95. The van der Waals surface area contributed by atoms with E-state index >= 15 is 0 Å². The van der Waals surface area contributed by atoms with E-state index in [1.54, 1.807) is 13.0 Å². The Morgan fingerprint density at radius 3 is 2.33 bits per heavy atom. The number of piperidine rings is 1. The van der Waals surface area contributed by atoms with Gasteiger partial charge in [0.1, 0.15) is 11.4 Å². The summed E-state index contributed by atoms with van der Waals surface area (Å²) in [4.78, 5) is 12.7. The standard InChI is InChI=1S/C17H25FN2O4/c1-11(12-9-14(22-2)15(23-3)10-13(12)18)20-16(21)17(24-4)5-7-19-8-6-17/h9-11,19H,5-8H2,1-4H3,(H,20,21). The molecule has 2 N–H and O–H groups in total. The van der Waals surface area contributed by atoms with Crippen LogP contribution in [0, 0.1) is 5.82 Å². The van der Waals surface area contributed by atoms with Crippen molar-refractivity contribution >= 4 is 5.91 Å². The molecule has 1 fully saturated rings. The second kappa shape index (κ2) is 7.81. The summed E-state index contributed by atoms with van der Waals surface area (Å²) in [6.45, 7) is 3.15. The van der Waals surface area contributed by atoms with Crippen molar-refractivity contribution in [3.63, 3.8) is 0 Å². The van der Waals surface area contributed by atoms with Crippen LogP contribution in [0.2, 0.25) is 0 Å². The summed E-state index contributed by atoms with van der Waals surface area (Å²) < 4.78 is 30.1. The fourth-order valence-electron chi connectivity index (χ4n) is 2.96. The molecule has 1 heterocycles. The zero-order chi connectivity index (χ0) is 17.7. The Bertz CT molecular complexity index is 588. The second-order valence-corrected chi connectivity index (χ2v) is 5.87. The summed E-state index contributed by atoms with van der Waals surface area (Å²) in [7, 11) is 4.46. The van der Waals surface area contributed by atoms with Crippen LogP contribution in [0.15, 0.2) is 12.1 Å². The van der Waals surface area contributed by atoms with Crippen LogP contribution in [-0.4, -0.2) is 45.9 Å². The molecule has 1 saturated heterocycles. The molecule has 0 saturated carbocycles. The molecular formula is C17H25FN2O4. The van der Waals surface area contributed by atoms with Crippen molar-refractivity contribution in [2.75, 3.05) is 34.4 Å². The summed E-state index contributed by atoms with van der Waals surface area (Å²) in [6.07, 6.45) is 1.16. The SMILES string of the molecule is COc1cc(F)c(C(C)NC(=O)C2(OC)CCNCC2)cc1OC. The number of hydrogen-bond acceptors (Lipinski definition) is 5. The van der Waals surface area contributed by atoms with Gasteiger partial charge in [0.25, 0.3) is 5.91 Å². The van der Waals surface area contributed by atoms with Crippen LogP contribution in [0.4, 0.5) is 4.39 Å². The molecule has 0 bridgehead atoms. The number of amides is 1. The molecule has 2 rings (SSSR count). The third-order valence-corrected chi connectivity index (χ3v) is 4.53. The lowest BCUT2D eigenvalue weighted by Crippen LogP contribution is -2.54. The van der Waals surface area contributed by atoms with E-state index in [1.807, 2.05) is 0 Å². The van der Waals surface area contributed by atoms with E-state index in [-0.39, 0.29) is 5.91 Å². The molecule has 1 amide bonds. The number of halogens is 1. The molecule has 1 aromatic rings. The van der Waals surface area contributed by atoms with Crippen molar-refractivity contribution in [3.8, 4) is 11.5 Å². The summed E-state index contributed by atoms with van der Waals surface area (Å²) in [5, 5.41) is 6.06. The zero-order valence-electron chi connectivity index (χ0n) is 14.6. The fraction of sp³-hybridized carbons (Fsp3) is 0.588. The third-order valence-electron chi connectivity index (χ3n) is 4.53. The number of rotatable bonds is 6. The van der Waals surface area contributed by atoms with Crippen molar-refractivity contribution in [2.45, 2.75) is 31.4 Å². The average molecular weight is 340 g/mol. The van der Waals surface area contributed by atoms with E-state index in [2.05, 4.69) is 10.6 Å². The highest BCUT2D eigenvalue weighted by atomic mass is 19.1. The fourth-order valence-corrected chi connectivity index (χ4v) is 2.96. The van der Waals surface area contributed by atoms with Gasteiger partial charge in [-0.1, -0.05) is 0 Å². The maximum Gasteiger partial charge on any atom is 0.252 e. The summed E-state index contributed by atoms with van der Waals surface area (Å²) in [5.74, 6) is 0.0349. The molecule has 24 heavy (non-hydrogen) atoms. The molecule has 1 atom stereocenters. The van der Waals surface area contributed by atoms with Gasteiger partial charge in [-0.25, -0.2) is 4.39 Å². The van der Waals surface area contributed by atoms with Gasteiger partial charge in [0.2, 0.25) is 0 Å². The smallest absolute Gasteiger partial charge is 0.252 e. The molecule has 1 aliphatic rings. The van der Waals surface area contributed by atoms with Crippen LogP contribution in [0.3, 0.4) is 0 Å². The van der Waals surface area contributed by atoms with E-state index in [4.69, 9.17) is 14.2 Å². The molecule has 1 unspecified atom stereocenters. The molecule has 1 aromatic carbocycles. The topological polar surface area (TPSA) is 68.8 Å². The van der Waals surface area contributed by atoms with Gasteiger partial charge in [0, 0.05) is 18.7 Å². The number of carbonyl (C=O) groups is 1. The predicted molar refractivity (Wildman–Crippen MR) is 87.9 cm³/mol. The van der Waals surface area contributed by atoms with Crippen LogP contribution in [0.5, 0.6) is 11.5 Å². The van der Waals surface area contributed by atoms with Gasteiger partial charge in [0.15, 0.2) is 11.5 Å². The van der Waals surface area contributed by atoms with Crippen molar-refractivity contribution in [2.24, 2.45) is 0 Å². The molecule has 0 aromatic heterocycles. The third kappa shape index (κ3) is 3.62. The number of nitrogens with one attached hydrogen (secondary N) is 2. The first-order valence-electron chi connectivity index (χ1n) is 7.95. The highest BCUT2D eigenvalue weighted by molar-refractivity contribution is 5.85.